The van der Waals surface area contributed by atoms with Crippen molar-refractivity contribution in [2.75, 3.05) is 0 Å². The summed E-state index contributed by atoms with van der Waals surface area (Å²) in [5, 5.41) is 20.6. The number of nitriles is 1. The predicted octanol–water partition coefficient (Wildman–Crippen LogP) is 4.71. The summed E-state index contributed by atoms with van der Waals surface area (Å²) in [6.45, 7) is 7.40. The van der Waals surface area contributed by atoms with Gasteiger partial charge in [-0.2, -0.15) is 5.26 Å². The van der Waals surface area contributed by atoms with E-state index in [-0.39, 0.29) is 11.4 Å². The minimum atomic E-state index is -0.511. The lowest BCUT2D eigenvalue weighted by atomic mass is 10.0. The van der Waals surface area contributed by atoms with E-state index < -0.39 is 11.6 Å². The van der Waals surface area contributed by atoms with Gasteiger partial charge in [0.1, 0.15) is 11.6 Å². The second-order valence-electron chi connectivity index (χ2n) is 7.11. The highest BCUT2D eigenvalue weighted by Crippen LogP contribution is 2.28. The van der Waals surface area contributed by atoms with E-state index in [0.29, 0.717) is 11.1 Å². The fourth-order valence-electron chi connectivity index (χ4n) is 3.47. The van der Waals surface area contributed by atoms with E-state index in [1.807, 2.05) is 75.4 Å². The first-order valence-electron chi connectivity index (χ1n) is 9.40. The molecule has 1 N–H and O–H groups in total. The Hall–Kier alpha value is -3.65. The van der Waals surface area contributed by atoms with Crippen molar-refractivity contribution in [3.8, 4) is 11.9 Å². The van der Waals surface area contributed by atoms with Crippen LogP contribution in [-0.2, 0) is 0 Å². The third kappa shape index (κ3) is 3.70. The summed E-state index contributed by atoms with van der Waals surface area (Å²) < 4.78 is 1.26. The van der Waals surface area contributed by atoms with Crippen molar-refractivity contribution in [3.63, 3.8) is 0 Å². The number of aromatic nitrogens is 1. The molecule has 5 nitrogen and oxygen atoms in total. The highest BCUT2D eigenvalue weighted by atomic mass is 16.3. The maximum absolute atomic E-state index is 12.9. The Labute approximate surface area is 170 Å². The van der Waals surface area contributed by atoms with E-state index in [2.05, 4.69) is 4.99 Å². The third-order valence-electron chi connectivity index (χ3n) is 5.22. The van der Waals surface area contributed by atoms with Gasteiger partial charge < -0.3 is 5.11 Å². The lowest BCUT2D eigenvalue weighted by Gasteiger charge is -2.20. The monoisotopic (exact) mass is 385 g/mol. The predicted molar refractivity (Wildman–Crippen MR) is 115 cm³/mol. The van der Waals surface area contributed by atoms with Gasteiger partial charge in [-0.25, -0.2) is 0 Å². The van der Waals surface area contributed by atoms with Gasteiger partial charge in [-0.15, -0.1) is 0 Å². The van der Waals surface area contributed by atoms with Crippen LogP contribution < -0.4 is 5.56 Å². The molecular weight excluding hydrogens is 362 g/mol. The highest BCUT2D eigenvalue weighted by molar-refractivity contribution is 5.88. The SMILES string of the molecule is Cc1cccc(C)c1N=Cc1c(C)c(C#N)c(=O)n(C(C)c2ccccc2)c1O. The molecule has 0 bridgehead atoms. The van der Waals surface area contributed by atoms with Crippen LogP contribution in [0, 0.1) is 32.1 Å². The van der Waals surface area contributed by atoms with Crippen LogP contribution in [0.4, 0.5) is 5.69 Å². The lowest BCUT2D eigenvalue weighted by molar-refractivity contribution is 0.393. The van der Waals surface area contributed by atoms with Crippen LogP contribution in [-0.4, -0.2) is 15.9 Å². The second-order valence-corrected chi connectivity index (χ2v) is 7.11. The lowest BCUT2D eigenvalue weighted by Crippen LogP contribution is -2.28. The Kier molecular flexibility index (Phi) is 5.65. The summed E-state index contributed by atoms with van der Waals surface area (Å²) in [6, 6.07) is 16.8. The Bertz CT molecular complexity index is 1170. The number of hydrogen-bond acceptors (Lipinski definition) is 4. The molecule has 1 aromatic heterocycles. The normalized spacial score (nSPS) is 12.1. The molecule has 1 unspecified atom stereocenters. The van der Waals surface area contributed by atoms with Crippen LogP contribution in [0.5, 0.6) is 5.88 Å². The van der Waals surface area contributed by atoms with Gasteiger partial charge in [0.2, 0.25) is 5.88 Å². The molecule has 0 aliphatic carbocycles. The first-order valence-corrected chi connectivity index (χ1v) is 9.40. The molecule has 0 aliphatic rings. The molecule has 0 saturated carbocycles. The van der Waals surface area contributed by atoms with Crippen LogP contribution in [0.1, 0.15) is 46.3 Å². The number of nitrogens with zero attached hydrogens (tertiary/aromatic N) is 3. The van der Waals surface area contributed by atoms with Crippen LogP contribution >= 0.6 is 0 Å². The number of aryl methyl sites for hydroxylation is 2. The van der Waals surface area contributed by atoms with Gasteiger partial charge in [0.05, 0.1) is 17.3 Å². The number of pyridine rings is 1. The first kappa shape index (κ1) is 20.1. The zero-order valence-corrected chi connectivity index (χ0v) is 17.0. The number of benzene rings is 2. The fourth-order valence-corrected chi connectivity index (χ4v) is 3.47. The Morgan fingerprint density at radius 1 is 1.07 bits per heavy atom. The molecule has 0 amide bonds. The molecule has 2 aromatic carbocycles. The standard InChI is InChI=1S/C24H23N3O2/c1-15-9-8-10-16(2)22(15)26-14-21-17(3)20(13-25)23(28)27(24(21)29)18(4)19-11-6-5-7-12-19/h5-12,14,18,29H,1-4H3. The summed E-state index contributed by atoms with van der Waals surface area (Å²) in [4.78, 5) is 17.5. The van der Waals surface area contributed by atoms with Gasteiger partial charge >= 0.3 is 0 Å². The Morgan fingerprint density at radius 3 is 2.28 bits per heavy atom. The largest absolute Gasteiger partial charge is 0.494 e. The minimum Gasteiger partial charge on any atom is -0.494 e. The second kappa shape index (κ2) is 8.15. The maximum Gasteiger partial charge on any atom is 0.272 e. The summed E-state index contributed by atoms with van der Waals surface area (Å²) in [6.07, 6.45) is 1.54. The molecule has 0 spiro atoms. The van der Waals surface area contributed by atoms with Crippen molar-refractivity contribution in [3.05, 3.63) is 92.3 Å². The topological polar surface area (TPSA) is 78.4 Å². The number of hydrogen-bond donors (Lipinski definition) is 1. The molecule has 5 heteroatoms. The van der Waals surface area contributed by atoms with Gasteiger partial charge in [0, 0.05) is 6.21 Å². The van der Waals surface area contributed by atoms with Crippen molar-refractivity contribution < 1.29 is 5.11 Å². The summed E-state index contributed by atoms with van der Waals surface area (Å²) in [5.41, 5.74) is 3.95. The molecule has 146 valence electrons. The quantitative estimate of drug-likeness (QED) is 0.661. The summed E-state index contributed by atoms with van der Waals surface area (Å²) in [7, 11) is 0. The van der Waals surface area contributed by atoms with E-state index in [9.17, 15) is 15.2 Å². The zero-order valence-electron chi connectivity index (χ0n) is 17.0. The van der Waals surface area contributed by atoms with Crippen molar-refractivity contribution in [2.24, 2.45) is 4.99 Å². The van der Waals surface area contributed by atoms with Gasteiger partial charge in [0.25, 0.3) is 5.56 Å². The van der Waals surface area contributed by atoms with E-state index in [1.54, 1.807) is 6.92 Å². The Balaban J connectivity index is 2.22. The summed E-state index contributed by atoms with van der Waals surface area (Å²) in [5.74, 6) is -0.196. The zero-order chi connectivity index (χ0) is 21.1. The Morgan fingerprint density at radius 2 is 1.69 bits per heavy atom. The first-order chi connectivity index (χ1) is 13.9. The number of aliphatic imine (C=N–C) groups is 1. The van der Waals surface area contributed by atoms with Crippen LogP contribution in [0.15, 0.2) is 58.3 Å². The number of rotatable bonds is 4. The summed E-state index contributed by atoms with van der Waals surface area (Å²) >= 11 is 0. The molecule has 0 fully saturated rings. The average Bonchev–Trinajstić information content (AvgIpc) is 2.70. The van der Waals surface area contributed by atoms with Gasteiger partial charge in [0.15, 0.2) is 0 Å². The minimum absolute atomic E-state index is 0.00790. The van der Waals surface area contributed by atoms with Crippen molar-refractivity contribution in [1.82, 2.24) is 4.57 Å². The smallest absolute Gasteiger partial charge is 0.272 e. The van der Waals surface area contributed by atoms with Crippen LogP contribution in [0.25, 0.3) is 0 Å². The van der Waals surface area contributed by atoms with Crippen LogP contribution in [0.3, 0.4) is 0 Å². The van der Waals surface area contributed by atoms with Crippen molar-refractivity contribution >= 4 is 11.9 Å². The van der Waals surface area contributed by atoms with E-state index in [0.717, 1.165) is 22.4 Å². The molecule has 0 radical (unpaired) electrons. The number of para-hydroxylation sites is 1. The molecule has 1 heterocycles. The average molecular weight is 385 g/mol. The molecule has 3 rings (SSSR count). The van der Waals surface area contributed by atoms with E-state index >= 15 is 0 Å². The molecular formula is C24H23N3O2. The molecule has 0 aliphatic heterocycles. The van der Waals surface area contributed by atoms with E-state index in [1.165, 1.54) is 10.8 Å². The van der Waals surface area contributed by atoms with Gasteiger partial charge in [-0.05, 0) is 49.9 Å². The van der Waals surface area contributed by atoms with Gasteiger partial charge in [-0.1, -0.05) is 48.5 Å². The number of aromatic hydroxyl groups is 1. The maximum atomic E-state index is 12.9. The van der Waals surface area contributed by atoms with Gasteiger partial charge in [-0.3, -0.25) is 14.4 Å². The third-order valence-corrected chi connectivity index (χ3v) is 5.22. The molecule has 3 aromatic rings. The van der Waals surface area contributed by atoms with Crippen molar-refractivity contribution in [2.45, 2.75) is 33.7 Å². The fraction of sp³-hybridized carbons (Fsp3) is 0.208. The van der Waals surface area contributed by atoms with Crippen LogP contribution in [0.2, 0.25) is 0 Å². The van der Waals surface area contributed by atoms with Crippen molar-refractivity contribution in [1.29, 1.82) is 5.26 Å². The molecule has 1 atom stereocenters. The van der Waals surface area contributed by atoms with E-state index in [4.69, 9.17) is 0 Å². The molecule has 29 heavy (non-hydrogen) atoms. The molecule has 0 saturated heterocycles. The highest BCUT2D eigenvalue weighted by Gasteiger charge is 2.22.